The Morgan fingerprint density at radius 1 is 1.19 bits per heavy atom. The number of likely N-dealkylation sites (tertiary alicyclic amines) is 1. The number of halogens is 1. The van der Waals surface area contributed by atoms with Crippen molar-refractivity contribution in [3.8, 4) is 0 Å². The fourth-order valence-electron chi connectivity index (χ4n) is 3.29. The van der Waals surface area contributed by atoms with Crippen LogP contribution >= 0.6 is 11.6 Å². The number of nitrogens with one attached hydrogen (secondary N) is 2. The molecule has 31 heavy (non-hydrogen) atoms. The minimum Gasteiger partial charge on any atom is -0.352 e. The fraction of sp³-hybridized carbons (Fsp3) is 0.381. The molecule has 0 aliphatic carbocycles. The van der Waals surface area contributed by atoms with E-state index in [1.807, 2.05) is 18.2 Å². The molecular formula is C21H25ClN4O4S. The molecule has 3 rings (SSSR count). The summed E-state index contributed by atoms with van der Waals surface area (Å²) in [7, 11) is -3.81. The van der Waals surface area contributed by atoms with Crippen LogP contribution in [0.5, 0.6) is 0 Å². The zero-order valence-electron chi connectivity index (χ0n) is 17.0. The molecule has 0 saturated carbocycles. The lowest BCUT2D eigenvalue weighted by Gasteiger charge is -2.15. The molecular weight excluding hydrogens is 440 g/mol. The first-order valence-corrected chi connectivity index (χ1v) is 12.0. The van der Waals surface area contributed by atoms with E-state index < -0.39 is 15.9 Å². The van der Waals surface area contributed by atoms with Crippen LogP contribution in [0, 0.1) is 0 Å². The van der Waals surface area contributed by atoms with Crippen LogP contribution in [0.3, 0.4) is 0 Å². The van der Waals surface area contributed by atoms with Crippen LogP contribution in [0.25, 0.3) is 0 Å². The van der Waals surface area contributed by atoms with Crippen molar-refractivity contribution in [2.45, 2.75) is 30.6 Å². The smallest absolute Gasteiger partial charge is 0.252 e. The number of nitrogens with zero attached hydrogens (tertiary/aromatic N) is 2. The van der Waals surface area contributed by atoms with Crippen molar-refractivity contribution in [2.24, 2.45) is 0 Å². The van der Waals surface area contributed by atoms with Gasteiger partial charge in [-0.3, -0.25) is 14.6 Å². The number of sulfonamides is 1. The highest BCUT2D eigenvalue weighted by Crippen LogP contribution is 2.20. The topological polar surface area (TPSA) is 108 Å². The molecule has 2 aromatic rings. The van der Waals surface area contributed by atoms with E-state index in [1.165, 1.54) is 18.2 Å². The molecule has 0 unspecified atom stereocenters. The average molecular weight is 465 g/mol. The summed E-state index contributed by atoms with van der Waals surface area (Å²) in [4.78, 5) is 30.0. The van der Waals surface area contributed by atoms with Crippen molar-refractivity contribution in [3.05, 3.63) is 58.9 Å². The molecule has 1 fully saturated rings. The molecule has 2 N–H and O–H groups in total. The van der Waals surface area contributed by atoms with Gasteiger partial charge in [0.2, 0.25) is 15.9 Å². The fourth-order valence-corrected chi connectivity index (χ4v) is 4.59. The second-order valence-electron chi connectivity index (χ2n) is 7.20. The number of hydrogen-bond acceptors (Lipinski definition) is 5. The minimum atomic E-state index is -3.81. The third-order valence-electron chi connectivity index (χ3n) is 4.95. The Morgan fingerprint density at radius 2 is 2.03 bits per heavy atom. The van der Waals surface area contributed by atoms with Crippen LogP contribution in [0.1, 0.15) is 35.3 Å². The largest absolute Gasteiger partial charge is 0.352 e. The summed E-state index contributed by atoms with van der Waals surface area (Å²) in [6.45, 7) is 1.78. The molecule has 166 valence electrons. The zero-order chi connectivity index (χ0) is 22.3. The van der Waals surface area contributed by atoms with Crippen LogP contribution in [0.15, 0.2) is 47.5 Å². The standard InChI is InChI=1S/C21H25ClN4O4S/c22-19-8-7-17(31(29,30)25-11-4-14-26-13-3-6-20(26)27)15-18(19)21(28)24-12-9-16-5-1-2-10-23-16/h1-2,5,7-8,10,15,25H,3-4,6,9,11-14H2,(H,24,28). The summed E-state index contributed by atoms with van der Waals surface area (Å²) >= 11 is 6.12. The Balaban J connectivity index is 1.55. The SMILES string of the molecule is O=C(NCCc1ccccn1)c1cc(S(=O)(=O)NCCCN2CCCC2=O)ccc1Cl. The van der Waals surface area contributed by atoms with E-state index in [1.54, 1.807) is 11.1 Å². The molecule has 2 heterocycles. The van der Waals surface area contributed by atoms with Gasteiger partial charge in [-0.1, -0.05) is 17.7 Å². The Morgan fingerprint density at radius 3 is 2.74 bits per heavy atom. The molecule has 0 spiro atoms. The lowest BCUT2D eigenvalue weighted by atomic mass is 10.2. The molecule has 1 aliphatic heterocycles. The molecule has 1 aliphatic rings. The maximum atomic E-state index is 12.6. The van der Waals surface area contributed by atoms with Gasteiger partial charge in [-0.25, -0.2) is 13.1 Å². The van der Waals surface area contributed by atoms with E-state index in [-0.39, 0.29) is 27.9 Å². The second kappa shape index (κ2) is 10.7. The number of hydrogen-bond donors (Lipinski definition) is 2. The van der Waals surface area contributed by atoms with E-state index in [4.69, 9.17) is 11.6 Å². The number of pyridine rings is 1. The maximum absolute atomic E-state index is 12.6. The summed E-state index contributed by atoms with van der Waals surface area (Å²) in [6, 6.07) is 9.56. The minimum absolute atomic E-state index is 0.0379. The van der Waals surface area contributed by atoms with E-state index in [9.17, 15) is 18.0 Å². The third-order valence-corrected chi connectivity index (χ3v) is 6.74. The first-order chi connectivity index (χ1) is 14.9. The monoisotopic (exact) mass is 464 g/mol. The van der Waals surface area contributed by atoms with Crippen molar-refractivity contribution in [3.63, 3.8) is 0 Å². The highest BCUT2D eigenvalue weighted by molar-refractivity contribution is 7.89. The van der Waals surface area contributed by atoms with Gasteiger partial charge in [0.1, 0.15) is 0 Å². The van der Waals surface area contributed by atoms with Gasteiger partial charge in [0, 0.05) is 50.9 Å². The van der Waals surface area contributed by atoms with E-state index in [2.05, 4.69) is 15.0 Å². The van der Waals surface area contributed by atoms with Gasteiger partial charge < -0.3 is 10.2 Å². The molecule has 8 nitrogen and oxygen atoms in total. The first-order valence-electron chi connectivity index (χ1n) is 10.1. The van der Waals surface area contributed by atoms with Crippen molar-refractivity contribution in [2.75, 3.05) is 26.2 Å². The van der Waals surface area contributed by atoms with Gasteiger partial charge in [-0.15, -0.1) is 0 Å². The lowest BCUT2D eigenvalue weighted by Crippen LogP contribution is -2.31. The molecule has 1 aromatic carbocycles. The van der Waals surface area contributed by atoms with Gasteiger partial charge in [-0.05, 0) is 43.2 Å². The number of aromatic nitrogens is 1. The van der Waals surface area contributed by atoms with Crippen molar-refractivity contribution in [1.82, 2.24) is 19.9 Å². The Labute approximate surface area is 187 Å². The van der Waals surface area contributed by atoms with Gasteiger partial charge in [0.15, 0.2) is 0 Å². The van der Waals surface area contributed by atoms with Crippen molar-refractivity contribution < 1.29 is 18.0 Å². The van der Waals surface area contributed by atoms with Crippen LogP contribution < -0.4 is 10.0 Å². The van der Waals surface area contributed by atoms with Crippen LogP contribution in [-0.4, -0.2) is 56.3 Å². The number of benzene rings is 1. The Bertz CT molecular complexity index is 1030. The predicted molar refractivity (Wildman–Crippen MR) is 117 cm³/mol. The van der Waals surface area contributed by atoms with Crippen molar-refractivity contribution in [1.29, 1.82) is 0 Å². The molecule has 1 saturated heterocycles. The Hall–Kier alpha value is -2.49. The highest BCUT2D eigenvalue weighted by atomic mass is 35.5. The number of rotatable bonds is 10. The van der Waals surface area contributed by atoms with E-state index >= 15 is 0 Å². The zero-order valence-corrected chi connectivity index (χ0v) is 18.6. The van der Waals surface area contributed by atoms with Crippen LogP contribution in [0.4, 0.5) is 0 Å². The number of amides is 2. The number of carbonyl (C=O) groups excluding carboxylic acids is 2. The summed E-state index contributed by atoms with van der Waals surface area (Å²) in [5.41, 5.74) is 0.929. The van der Waals surface area contributed by atoms with Gasteiger partial charge in [-0.2, -0.15) is 0 Å². The van der Waals surface area contributed by atoms with E-state index in [0.29, 0.717) is 32.4 Å². The average Bonchev–Trinajstić information content (AvgIpc) is 3.16. The van der Waals surface area contributed by atoms with Crippen molar-refractivity contribution >= 4 is 33.4 Å². The molecule has 2 amide bonds. The molecule has 0 atom stereocenters. The number of carbonyl (C=O) groups is 2. The van der Waals surface area contributed by atoms with Gasteiger partial charge in [0.05, 0.1) is 15.5 Å². The molecule has 1 aromatic heterocycles. The Kier molecular flexibility index (Phi) is 8.00. The summed E-state index contributed by atoms with van der Waals surface area (Å²) < 4.78 is 27.7. The van der Waals surface area contributed by atoms with Gasteiger partial charge in [0.25, 0.3) is 5.91 Å². The quantitative estimate of drug-likeness (QED) is 0.523. The summed E-state index contributed by atoms with van der Waals surface area (Å²) in [5, 5.41) is 2.91. The van der Waals surface area contributed by atoms with Crippen LogP contribution in [0.2, 0.25) is 5.02 Å². The lowest BCUT2D eigenvalue weighted by molar-refractivity contribution is -0.127. The third kappa shape index (κ3) is 6.49. The normalized spacial score (nSPS) is 14.1. The first kappa shape index (κ1) is 23.2. The maximum Gasteiger partial charge on any atom is 0.252 e. The highest BCUT2D eigenvalue weighted by Gasteiger charge is 2.21. The summed E-state index contributed by atoms with van der Waals surface area (Å²) in [6.07, 6.45) is 4.15. The molecule has 0 bridgehead atoms. The summed E-state index contributed by atoms with van der Waals surface area (Å²) in [5.74, 6) is -0.343. The van der Waals surface area contributed by atoms with Crippen LogP contribution in [-0.2, 0) is 21.2 Å². The molecule has 10 heteroatoms. The van der Waals surface area contributed by atoms with E-state index in [0.717, 1.165) is 18.7 Å². The van der Waals surface area contributed by atoms with Gasteiger partial charge >= 0.3 is 0 Å². The second-order valence-corrected chi connectivity index (χ2v) is 9.38. The molecule has 0 radical (unpaired) electrons. The predicted octanol–water partition coefficient (Wildman–Crippen LogP) is 2.00.